The van der Waals surface area contributed by atoms with Gasteiger partial charge in [0.2, 0.25) is 17.8 Å². The molecule has 5 amide bonds. The third-order valence-corrected chi connectivity index (χ3v) is 5.72. The molecule has 2 aliphatic rings. The van der Waals surface area contributed by atoms with Gasteiger partial charge in [0.1, 0.15) is 5.60 Å². The van der Waals surface area contributed by atoms with E-state index in [1.54, 1.807) is 20.8 Å². The Balaban J connectivity index is 1.66. The lowest BCUT2D eigenvalue weighted by Crippen LogP contribution is -2.49. The van der Waals surface area contributed by atoms with Crippen molar-refractivity contribution >= 4 is 29.9 Å². The summed E-state index contributed by atoms with van der Waals surface area (Å²) in [6.45, 7) is 12.6. The fourth-order valence-corrected chi connectivity index (χ4v) is 4.14. The number of hydrogen-bond acceptors (Lipinski definition) is 7. The molecule has 0 aromatic heterocycles. The number of likely N-dealkylation sites (tertiary alicyclic amines) is 1. The zero-order chi connectivity index (χ0) is 27.2. The summed E-state index contributed by atoms with van der Waals surface area (Å²) in [5, 5.41) is 7.55. The minimum absolute atomic E-state index is 0.0504. The molecular weight excluding hydrogens is 478 g/mol. The van der Waals surface area contributed by atoms with Crippen LogP contribution in [0.4, 0.5) is 9.59 Å². The molecule has 3 rings (SSSR count). The van der Waals surface area contributed by atoms with Gasteiger partial charge < -0.3 is 14.8 Å². The molecule has 0 saturated carbocycles. The monoisotopic (exact) mass is 511 g/mol. The van der Waals surface area contributed by atoms with Crippen LogP contribution in [0.3, 0.4) is 0 Å². The average Bonchev–Trinajstić information content (AvgIpc) is 3.33. The molecule has 0 spiro atoms. The number of nitrogens with one attached hydrogen (secondary N) is 3. The summed E-state index contributed by atoms with van der Waals surface area (Å²) < 4.78 is 10.9. The predicted octanol–water partition coefficient (Wildman–Crippen LogP) is 2.11. The van der Waals surface area contributed by atoms with E-state index in [0.717, 1.165) is 10.5 Å². The summed E-state index contributed by atoms with van der Waals surface area (Å²) >= 11 is 0. The lowest BCUT2D eigenvalue weighted by atomic mass is 9.89. The number of aliphatic imine (C=N–C) groups is 1. The second kappa shape index (κ2) is 11.8. The Morgan fingerprint density at radius 2 is 1.65 bits per heavy atom. The Labute approximate surface area is 216 Å². The number of carbonyl (C=O) groups excluding carboxylic acids is 4. The fourth-order valence-electron chi connectivity index (χ4n) is 4.14. The third kappa shape index (κ3) is 7.04. The van der Waals surface area contributed by atoms with E-state index in [2.05, 4.69) is 34.1 Å². The van der Waals surface area contributed by atoms with Crippen LogP contribution in [0, 0.1) is 11.8 Å². The van der Waals surface area contributed by atoms with E-state index in [0.29, 0.717) is 0 Å². The predicted molar refractivity (Wildman–Crippen MR) is 136 cm³/mol. The van der Waals surface area contributed by atoms with Crippen LogP contribution in [0.25, 0.3) is 0 Å². The smallest absolute Gasteiger partial charge is 0.414 e. The average molecular weight is 512 g/mol. The topological polar surface area (TPSA) is 138 Å². The first-order valence-electron chi connectivity index (χ1n) is 11.9. The molecule has 1 aromatic carbocycles. The maximum absolute atomic E-state index is 13.0. The molecule has 11 heteroatoms. The summed E-state index contributed by atoms with van der Waals surface area (Å²) in [4.78, 5) is 56.0. The third-order valence-electron chi connectivity index (χ3n) is 5.72. The number of fused-ring (bicyclic) bond motifs is 1. The van der Waals surface area contributed by atoms with Crippen molar-refractivity contribution in [3.05, 3.63) is 61.2 Å². The second-order valence-corrected chi connectivity index (χ2v) is 9.57. The SMILES string of the molecule is C=CC1OC(C=C)C2C(=O)N(CCN=C(NC(=O)NCc3ccccc3)NC(=O)OC(C)(C)C)C(=O)C12. The first kappa shape index (κ1) is 27.6. The van der Waals surface area contributed by atoms with Gasteiger partial charge in [0, 0.05) is 13.1 Å². The normalized spacial score (nSPS) is 23.3. The van der Waals surface area contributed by atoms with Crippen LogP contribution in [0.1, 0.15) is 26.3 Å². The van der Waals surface area contributed by atoms with Crippen molar-refractivity contribution in [1.82, 2.24) is 20.9 Å². The van der Waals surface area contributed by atoms with Crippen LogP contribution in [0.15, 0.2) is 60.6 Å². The van der Waals surface area contributed by atoms with Gasteiger partial charge in [-0.2, -0.15) is 0 Å². The highest BCUT2D eigenvalue weighted by molar-refractivity contribution is 6.06. The number of carbonyl (C=O) groups is 4. The maximum atomic E-state index is 13.0. The number of imide groups is 1. The Kier molecular flexibility index (Phi) is 8.82. The number of urea groups is 1. The van der Waals surface area contributed by atoms with Crippen molar-refractivity contribution in [3.8, 4) is 0 Å². The summed E-state index contributed by atoms with van der Waals surface area (Å²) in [6, 6.07) is 8.66. The van der Waals surface area contributed by atoms with Crippen molar-refractivity contribution in [2.45, 2.75) is 45.1 Å². The summed E-state index contributed by atoms with van der Waals surface area (Å²) in [6.07, 6.45) is 1.02. The lowest BCUT2D eigenvalue weighted by molar-refractivity contribution is -0.142. The van der Waals surface area contributed by atoms with Crippen LogP contribution in [-0.2, 0) is 25.6 Å². The maximum Gasteiger partial charge on any atom is 0.414 e. The van der Waals surface area contributed by atoms with Gasteiger partial charge in [-0.25, -0.2) is 9.59 Å². The van der Waals surface area contributed by atoms with E-state index < -0.39 is 41.8 Å². The van der Waals surface area contributed by atoms with Gasteiger partial charge in [0.25, 0.3) is 0 Å². The highest BCUT2D eigenvalue weighted by atomic mass is 16.6. The number of amides is 5. The number of guanidine groups is 1. The van der Waals surface area contributed by atoms with Gasteiger partial charge in [0.15, 0.2) is 0 Å². The largest absolute Gasteiger partial charge is 0.444 e. The van der Waals surface area contributed by atoms with E-state index in [4.69, 9.17) is 9.47 Å². The Bertz CT molecular complexity index is 1050. The van der Waals surface area contributed by atoms with Gasteiger partial charge in [-0.3, -0.25) is 30.1 Å². The number of ether oxygens (including phenoxy) is 2. The molecule has 0 bridgehead atoms. The first-order valence-corrected chi connectivity index (χ1v) is 11.9. The molecule has 2 aliphatic heterocycles. The van der Waals surface area contributed by atoms with Gasteiger partial charge >= 0.3 is 12.1 Å². The van der Waals surface area contributed by atoms with Crippen molar-refractivity contribution < 1.29 is 28.7 Å². The zero-order valence-electron chi connectivity index (χ0n) is 21.2. The second-order valence-electron chi connectivity index (χ2n) is 9.57. The van der Waals surface area contributed by atoms with E-state index >= 15 is 0 Å². The highest BCUT2D eigenvalue weighted by Gasteiger charge is 2.58. The number of benzene rings is 1. The molecule has 37 heavy (non-hydrogen) atoms. The van der Waals surface area contributed by atoms with Crippen LogP contribution in [-0.4, -0.2) is 65.7 Å². The highest BCUT2D eigenvalue weighted by Crippen LogP contribution is 2.41. The van der Waals surface area contributed by atoms with Crippen LogP contribution >= 0.6 is 0 Å². The van der Waals surface area contributed by atoms with E-state index in [9.17, 15) is 19.2 Å². The zero-order valence-corrected chi connectivity index (χ0v) is 21.2. The first-order chi connectivity index (χ1) is 17.5. The summed E-state index contributed by atoms with van der Waals surface area (Å²) in [7, 11) is 0. The molecule has 198 valence electrons. The molecule has 4 atom stereocenters. The van der Waals surface area contributed by atoms with Gasteiger partial charge in [-0.1, -0.05) is 42.5 Å². The summed E-state index contributed by atoms with van der Waals surface area (Å²) in [5.41, 5.74) is 0.107. The molecule has 2 fully saturated rings. The fraction of sp³-hybridized carbons (Fsp3) is 0.423. The van der Waals surface area contributed by atoms with E-state index in [-0.39, 0.29) is 37.4 Å². The molecule has 1 aromatic rings. The van der Waals surface area contributed by atoms with Gasteiger partial charge in [0.05, 0.1) is 30.6 Å². The Hall–Kier alpha value is -3.99. The van der Waals surface area contributed by atoms with Crippen LogP contribution < -0.4 is 16.0 Å². The molecule has 0 aliphatic carbocycles. The molecule has 2 saturated heterocycles. The molecular formula is C26H33N5O6. The number of rotatable bonds is 7. The molecule has 4 unspecified atom stereocenters. The van der Waals surface area contributed by atoms with Gasteiger partial charge in [-0.05, 0) is 26.3 Å². The summed E-state index contributed by atoms with van der Waals surface area (Å²) in [5.74, 6) is -2.28. The van der Waals surface area contributed by atoms with Crippen molar-refractivity contribution in [1.29, 1.82) is 0 Å². The molecule has 11 nitrogen and oxygen atoms in total. The standard InChI is InChI=1S/C26H33N5O6/c1-6-17-19-20(18(7-2)36-17)22(33)31(21(19)32)14-13-27-23(30-25(35)37-26(3,4)5)29-24(34)28-15-16-11-9-8-10-12-16/h6-12,17-20H,1-2,13-15H2,3-5H3,(H3,27,28,29,30,34,35). The number of hydrogen-bond donors (Lipinski definition) is 3. The lowest BCUT2D eigenvalue weighted by Gasteiger charge is -2.21. The minimum atomic E-state index is -0.822. The number of nitrogens with zero attached hydrogens (tertiary/aromatic N) is 2. The Morgan fingerprint density at radius 1 is 1.05 bits per heavy atom. The van der Waals surface area contributed by atoms with Crippen LogP contribution in [0.2, 0.25) is 0 Å². The number of alkyl carbamates (subject to hydrolysis) is 1. The van der Waals surface area contributed by atoms with Crippen molar-refractivity contribution in [2.75, 3.05) is 13.1 Å². The van der Waals surface area contributed by atoms with E-state index in [1.165, 1.54) is 12.2 Å². The van der Waals surface area contributed by atoms with E-state index in [1.807, 2.05) is 30.3 Å². The molecule has 3 N–H and O–H groups in total. The quantitative estimate of drug-likeness (QED) is 0.222. The van der Waals surface area contributed by atoms with Crippen molar-refractivity contribution in [2.24, 2.45) is 16.8 Å². The van der Waals surface area contributed by atoms with Crippen LogP contribution in [0.5, 0.6) is 0 Å². The molecule has 2 heterocycles. The Morgan fingerprint density at radius 3 is 2.19 bits per heavy atom. The van der Waals surface area contributed by atoms with Crippen molar-refractivity contribution in [3.63, 3.8) is 0 Å². The minimum Gasteiger partial charge on any atom is -0.444 e. The van der Waals surface area contributed by atoms with Gasteiger partial charge in [-0.15, -0.1) is 13.2 Å². The molecule has 0 radical (unpaired) electrons.